The van der Waals surface area contributed by atoms with E-state index in [2.05, 4.69) is 37.4 Å². The van der Waals surface area contributed by atoms with Gasteiger partial charge >= 0.3 is 0 Å². The van der Waals surface area contributed by atoms with Crippen LogP contribution in [0.3, 0.4) is 0 Å². The molecule has 0 unspecified atom stereocenters. The van der Waals surface area contributed by atoms with Gasteiger partial charge in [-0.3, -0.25) is 4.79 Å². The van der Waals surface area contributed by atoms with E-state index < -0.39 is 0 Å². The molecule has 0 atom stereocenters. The molecule has 1 amide bonds. The number of nitrogens with one attached hydrogen (secondary N) is 1. The zero-order valence-electron chi connectivity index (χ0n) is 16.5. The number of aryl methyl sites for hydroxylation is 3. The van der Waals surface area contributed by atoms with Gasteiger partial charge in [-0.2, -0.15) is 9.50 Å². The van der Waals surface area contributed by atoms with Crippen molar-refractivity contribution in [2.45, 2.75) is 40.0 Å². The number of carbonyl (C=O) groups excluding carboxylic acids is 1. The summed E-state index contributed by atoms with van der Waals surface area (Å²) in [6, 6.07) is 6.21. The number of hydrogen-bond acceptors (Lipinski definition) is 6. The Bertz CT molecular complexity index is 1050. The fraction of sp³-hybridized carbons (Fsp3) is 0.400. The monoisotopic (exact) mass is 379 g/mol. The Kier molecular flexibility index (Phi) is 4.62. The molecule has 0 bridgehead atoms. The molecule has 0 spiro atoms. The molecule has 146 valence electrons. The van der Waals surface area contributed by atoms with E-state index in [-0.39, 0.29) is 18.3 Å². The van der Waals surface area contributed by atoms with Crippen molar-refractivity contribution in [3.8, 4) is 0 Å². The highest BCUT2D eigenvalue weighted by Crippen LogP contribution is 2.26. The first-order chi connectivity index (χ1) is 13.4. The first-order valence-corrected chi connectivity index (χ1v) is 9.56. The molecule has 8 nitrogen and oxygen atoms in total. The van der Waals surface area contributed by atoms with E-state index in [9.17, 15) is 4.79 Å². The lowest BCUT2D eigenvalue weighted by atomic mass is 10.1. The van der Waals surface area contributed by atoms with Crippen molar-refractivity contribution in [1.82, 2.24) is 19.6 Å². The fourth-order valence-electron chi connectivity index (χ4n) is 3.79. The van der Waals surface area contributed by atoms with Crippen molar-refractivity contribution in [1.29, 1.82) is 0 Å². The molecule has 28 heavy (non-hydrogen) atoms. The Morgan fingerprint density at radius 3 is 2.64 bits per heavy atom. The van der Waals surface area contributed by atoms with E-state index in [1.54, 1.807) is 4.52 Å². The molecule has 8 heteroatoms. The summed E-state index contributed by atoms with van der Waals surface area (Å²) in [5.41, 5.74) is 11.2. The summed E-state index contributed by atoms with van der Waals surface area (Å²) in [4.78, 5) is 23.6. The van der Waals surface area contributed by atoms with Gasteiger partial charge in [-0.25, -0.2) is 4.98 Å². The summed E-state index contributed by atoms with van der Waals surface area (Å²) >= 11 is 0. The number of rotatable bonds is 4. The highest BCUT2D eigenvalue weighted by Gasteiger charge is 2.17. The van der Waals surface area contributed by atoms with Gasteiger partial charge in [0.1, 0.15) is 0 Å². The van der Waals surface area contributed by atoms with Gasteiger partial charge in [0.15, 0.2) is 0 Å². The molecule has 1 aliphatic heterocycles. The summed E-state index contributed by atoms with van der Waals surface area (Å²) in [6.07, 6.45) is 2.70. The van der Waals surface area contributed by atoms with Crippen molar-refractivity contribution >= 4 is 29.0 Å². The van der Waals surface area contributed by atoms with Gasteiger partial charge in [-0.1, -0.05) is 0 Å². The smallest absolute Gasteiger partial charge is 0.254 e. The lowest BCUT2D eigenvalue weighted by molar-refractivity contribution is -0.115. The van der Waals surface area contributed by atoms with E-state index in [0.717, 1.165) is 41.3 Å². The summed E-state index contributed by atoms with van der Waals surface area (Å²) in [5, 5.41) is 7.18. The molecule has 1 saturated heterocycles. The van der Waals surface area contributed by atoms with E-state index in [0.29, 0.717) is 5.78 Å². The molecular weight excluding hydrogens is 354 g/mol. The number of benzene rings is 1. The van der Waals surface area contributed by atoms with Crippen molar-refractivity contribution < 1.29 is 4.79 Å². The van der Waals surface area contributed by atoms with Crippen LogP contribution in [0.15, 0.2) is 18.2 Å². The number of nitrogens with two attached hydrogens (primary N) is 1. The van der Waals surface area contributed by atoms with Gasteiger partial charge in [0.25, 0.3) is 5.78 Å². The zero-order chi connectivity index (χ0) is 19.8. The van der Waals surface area contributed by atoms with E-state index in [1.165, 1.54) is 18.5 Å². The number of aromatic nitrogens is 4. The average molecular weight is 379 g/mol. The molecule has 3 heterocycles. The molecular formula is C20H25N7O. The lowest BCUT2D eigenvalue weighted by Crippen LogP contribution is -2.19. The van der Waals surface area contributed by atoms with Crippen LogP contribution in [0.1, 0.15) is 35.4 Å². The Morgan fingerprint density at radius 2 is 1.93 bits per heavy atom. The average Bonchev–Trinajstić information content (AvgIpc) is 3.30. The summed E-state index contributed by atoms with van der Waals surface area (Å²) in [7, 11) is 0. The van der Waals surface area contributed by atoms with Gasteiger partial charge in [0, 0.05) is 41.4 Å². The second-order valence-electron chi connectivity index (χ2n) is 7.36. The fourth-order valence-corrected chi connectivity index (χ4v) is 3.79. The summed E-state index contributed by atoms with van der Waals surface area (Å²) in [6.45, 7) is 8.00. The van der Waals surface area contributed by atoms with Crippen LogP contribution in [0.4, 0.5) is 17.3 Å². The number of nitrogens with zero attached hydrogens (tertiary/aromatic N) is 5. The van der Waals surface area contributed by atoms with Gasteiger partial charge in [-0.05, 0) is 57.4 Å². The quantitative estimate of drug-likeness (QED) is 0.722. The standard InChI is InChI=1S/C20H25N7O/c1-12-10-15(26-8-4-5-9-26)6-7-17(12)23-18(28)11-16-13(2)22-20-24-19(21)25-27(20)14(16)3/h6-7,10H,4-5,8-9,11H2,1-3H3,(H2,21,25)(H,23,28). The summed E-state index contributed by atoms with van der Waals surface area (Å²) in [5.74, 6) is 0.535. The zero-order valence-corrected chi connectivity index (χ0v) is 16.5. The summed E-state index contributed by atoms with van der Waals surface area (Å²) < 4.78 is 1.58. The van der Waals surface area contributed by atoms with Gasteiger partial charge in [0.2, 0.25) is 11.9 Å². The maximum atomic E-state index is 12.7. The Labute approximate surface area is 163 Å². The maximum absolute atomic E-state index is 12.7. The largest absolute Gasteiger partial charge is 0.372 e. The predicted molar refractivity (Wildman–Crippen MR) is 110 cm³/mol. The number of carbonyl (C=O) groups is 1. The Balaban J connectivity index is 1.52. The van der Waals surface area contributed by atoms with Gasteiger partial charge in [0.05, 0.1) is 6.42 Å². The number of hydrogen-bond donors (Lipinski definition) is 2. The maximum Gasteiger partial charge on any atom is 0.254 e. The Morgan fingerprint density at radius 1 is 1.18 bits per heavy atom. The van der Waals surface area contributed by atoms with E-state index >= 15 is 0 Å². The number of fused-ring (bicyclic) bond motifs is 1. The molecule has 0 saturated carbocycles. The third-order valence-electron chi connectivity index (χ3n) is 5.36. The highest BCUT2D eigenvalue weighted by molar-refractivity contribution is 5.93. The molecule has 0 aliphatic carbocycles. The van der Waals surface area contributed by atoms with Crippen molar-refractivity contribution in [3.63, 3.8) is 0 Å². The minimum atomic E-state index is -0.0857. The number of amides is 1. The SMILES string of the molecule is Cc1cc(N2CCCC2)ccc1NC(=O)Cc1c(C)nc2nc(N)nn2c1C. The van der Waals surface area contributed by atoms with Gasteiger partial charge in [-0.15, -0.1) is 5.10 Å². The van der Waals surface area contributed by atoms with Crippen LogP contribution in [0.25, 0.3) is 5.78 Å². The number of anilines is 3. The minimum absolute atomic E-state index is 0.0857. The van der Waals surface area contributed by atoms with Crippen LogP contribution in [-0.4, -0.2) is 38.6 Å². The van der Waals surface area contributed by atoms with Crippen LogP contribution in [0.5, 0.6) is 0 Å². The predicted octanol–water partition coefficient (Wildman–Crippen LogP) is 2.41. The molecule has 3 N–H and O–H groups in total. The normalized spacial score (nSPS) is 14.0. The molecule has 3 aromatic rings. The lowest BCUT2D eigenvalue weighted by Gasteiger charge is -2.19. The Hall–Kier alpha value is -3.16. The molecule has 1 aromatic carbocycles. The van der Waals surface area contributed by atoms with Crippen molar-refractivity contribution in [2.75, 3.05) is 29.0 Å². The van der Waals surface area contributed by atoms with Crippen LogP contribution in [0, 0.1) is 20.8 Å². The molecule has 1 aliphatic rings. The van der Waals surface area contributed by atoms with Crippen molar-refractivity contribution in [3.05, 3.63) is 40.7 Å². The van der Waals surface area contributed by atoms with Gasteiger partial charge < -0.3 is 16.0 Å². The van der Waals surface area contributed by atoms with Crippen LogP contribution >= 0.6 is 0 Å². The highest BCUT2D eigenvalue weighted by atomic mass is 16.1. The number of nitrogen functional groups attached to an aromatic ring is 1. The second kappa shape index (κ2) is 7.10. The second-order valence-corrected chi connectivity index (χ2v) is 7.36. The minimum Gasteiger partial charge on any atom is -0.372 e. The third-order valence-corrected chi connectivity index (χ3v) is 5.36. The molecule has 1 fully saturated rings. The molecule has 0 radical (unpaired) electrons. The van der Waals surface area contributed by atoms with E-state index in [1.807, 2.05) is 26.8 Å². The van der Waals surface area contributed by atoms with E-state index in [4.69, 9.17) is 5.73 Å². The van der Waals surface area contributed by atoms with Crippen molar-refractivity contribution in [2.24, 2.45) is 0 Å². The van der Waals surface area contributed by atoms with Crippen LogP contribution < -0.4 is 16.0 Å². The molecule has 2 aromatic heterocycles. The van der Waals surface area contributed by atoms with Crippen LogP contribution in [0.2, 0.25) is 0 Å². The third kappa shape index (κ3) is 3.37. The topological polar surface area (TPSA) is 101 Å². The first-order valence-electron chi connectivity index (χ1n) is 9.56. The first kappa shape index (κ1) is 18.2. The van der Waals surface area contributed by atoms with Crippen LogP contribution in [-0.2, 0) is 11.2 Å². The molecule has 4 rings (SSSR count).